The van der Waals surface area contributed by atoms with E-state index in [0.29, 0.717) is 18.0 Å². The summed E-state index contributed by atoms with van der Waals surface area (Å²) >= 11 is 0. The van der Waals surface area contributed by atoms with Crippen molar-refractivity contribution in [3.05, 3.63) is 6.20 Å². The minimum absolute atomic E-state index is 0.403. The van der Waals surface area contributed by atoms with Gasteiger partial charge in [0.1, 0.15) is 14.6 Å². The first-order chi connectivity index (χ1) is 6.88. The Hall–Kier alpha value is -0.483. The Bertz CT molecular complexity index is 322. The Balaban J connectivity index is 2.29. The first-order valence-electron chi connectivity index (χ1n) is 5.04. The summed E-state index contributed by atoms with van der Waals surface area (Å²) < 4.78 is 7.22. The summed E-state index contributed by atoms with van der Waals surface area (Å²) in [5.74, 6) is 0. The lowest BCUT2D eigenvalue weighted by molar-refractivity contribution is 0.0893. The van der Waals surface area contributed by atoms with Gasteiger partial charge in [-0.1, -0.05) is 19.6 Å². The molecule has 0 aliphatic carbocycles. The van der Waals surface area contributed by atoms with Gasteiger partial charge >= 0.3 is 0 Å². The van der Waals surface area contributed by atoms with E-state index in [1.807, 2.05) is 0 Å². The SMILES string of the molecule is [B]c1cn(COCC[Si](C)(C)C)c([B])n1. The third kappa shape index (κ3) is 4.71. The highest BCUT2D eigenvalue weighted by atomic mass is 28.3. The Morgan fingerprint density at radius 2 is 2.07 bits per heavy atom. The molecule has 6 heteroatoms. The van der Waals surface area contributed by atoms with Crippen LogP contribution in [0, 0.1) is 0 Å². The lowest BCUT2D eigenvalue weighted by atomic mass is 10.1. The molecule has 15 heavy (non-hydrogen) atoms. The summed E-state index contributed by atoms with van der Waals surface area (Å²) in [6.07, 6.45) is 1.68. The van der Waals surface area contributed by atoms with Gasteiger partial charge in [0.2, 0.25) is 0 Å². The van der Waals surface area contributed by atoms with Crippen LogP contribution in [0.25, 0.3) is 0 Å². The van der Waals surface area contributed by atoms with E-state index in [-0.39, 0.29) is 0 Å². The number of hydrogen-bond acceptors (Lipinski definition) is 2. The fourth-order valence-corrected chi connectivity index (χ4v) is 1.85. The standard InChI is InChI=1S/C9H16B2N2OSi/c1-15(2,3)5-4-14-7-13-6-8(10)12-9(13)11/h6H,4-5,7H2,1-3H3. The molecule has 0 unspecified atom stereocenters. The summed E-state index contributed by atoms with van der Waals surface area (Å²) in [5.41, 5.74) is 0.835. The van der Waals surface area contributed by atoms with Crippen LogP contribution in [0.5, 0.6) is 0 Å². The summed E-state index contributed by atoms with van der Waals surface area (Å²) in [4.78, 5) is 3.89. The van der Waals surface area contributed by atoms with E-state index < -0.39 is 8.07 Å². The molecule has 0 saturated heterocycles. The van der Waals surface area contributed by atoms with Crippen LogP contribution in [0.15, 0.2) is 6.20 Å². The van der Waals surface area contributed by atoms with Crippen LogP contribution in [-0.2, 0) is 11.5 Å². The molecule has 0 aliphatic heterocycles. The van der Waals surface area contributed by atoms with Crippen molar-refractivity contribution in [1.82, 2.24) is 9.55 Å². The van der Waals surface area contributed by atoms with E-state index in [9.17, 15) is 0 Å². The molecule has 1 aromatic heterocycles. The largest absolute Gasteiger partial charge is 0.361 e. The van der Waals surface area contributed by atoms with Crippen molar-refractivity contribution in [1.29, 1.82) is 0 Å². The van der Waals surface area contributed by atoms with Crippen LogP contribution in [0.4, 0.5) is 0 Å². The second-order valence-electron chi connectivity index (χ2n) is 4.84. The van der Waals surface area contributed by atoms with Crippen LogP contribution in [-0.4, -0.2) is 39.9 Å². The van der Waals surface area contributed by atoms with E-state index in [2.05, 4.69) is 24.6 Å². The van der Waals surface area contributed by atoms with Gasteiger partial charge in [-0.2, -0.15) is 0 Å². The zero-order chi connectivity index (χ0) is 11.5. The normalized spacial score (nSPS) is 11.9. The van der Waals surface area contributed by atoms with Crippen LogP contribution in [0.1, 0.15) is 0 Å². The Labute approximate surface area is 95.1 Å². The number of ether oxygens (including phenoxy) is 1. The maximum absolute atomic E-state index is 5.61. The van der Waals surface area contributed by atoms with E-state index in [1.54, 1.807) is 10.8 Å². The molecule has 0 amide bonds. The highest BCUT2D eigenvalue weighted by Crippen LogP contribution is 2.07. The monoisotopic (exact) mass is 218 g/mol. The smallest absolute Gasteiger partial charge is 0.167 e. The van der Waals surface area contributed by atoms with Crippen molar-refractivity contribution in [2.75, 3.05) is 6.61 Å². The molecule has 0 aliphatic rings. The minimum atomic E-state index is -1.01. The number of rotatable bonds is 5. The summed E-state index contributed by atoms with van der Waals surface area (Å²) in [6, 6.07) is 1.15. The van der Waals surface area contributed by atoms with Gasteiger partial charge in [0.05, 0.1) is 5.72 Å². The van der Waals surface area contributed by atoms with Gasteiger partial charge in [-0.15, -0.1) is 0 Å². The zero-order valence-electron chi connectivity index (χ0n) is 9.66. The van der Waals surface area contributed by atoms with E-state index in [1.165, 1.54) is 0 Å². The van der Waals surface area contributed by atoms with Crippen molar-refractivity contribution >= 4 is 35.1 Å². The van der Waals surface area contributed by atoms with Crippen molar-refractivity contribution in [3.8, 4) is 0 Å². The first-order valence-corrected chi connectivity index (χ1v) is 8.75. The Kier molecular flexibility index (Phi) is 4.22. The molecule has 0 saturated carbocycles. The highest BCUT2D eigenvalue weighted by Gasteiger charge is 2.12. The average Bonchev–Trinajstić information content (AvgIpc) is 2.37. The second kappa shape index (κ2) is 5.03. The van der Waals surface area contributed by atoms with Crippen LogP contribution >= 0.6 is 0 Å². The molecule has 78 valence electrons. The van der Waals surface area contributed by atoms with Crippen molar-refractivity contribution in [2.24, 2.45) is 0 Å². The summed E-state index contributed by atoms with van der Waals surface area (Å²) in [6.45, 7) is 8.16. The topological polar surface area (TPSA) is 27.1 Å². The van der Waals surface area contributed by atoms with Gasteiger partial charge in [0.15, 0.2) is 7.85 Å². The highest BCUT2D eigenvalue weighted by molar-refractivity contribution is 6.76. The van der Waals surface area contributed by atoms with Crippen molar-refractivity contribution in [3.63, 3.8) is 0 Å². The number of hydrogen-bond donors (Lipinski definition) is 0. The van der Waals surface area contributed by atoms with Gasteiger partial charge < -0.3 is 9.30 Å². The van der Waals surface area contributed by atoms with E-state index in [0.717, 1.165) is 12.7 Å². The number of imidazole rings is 1. The molecule has 1 rings (SSSR count). The minimum Gasteiger partial charge on any atom is -0.361 e. The van der Waals surface area contributed by atoms with Crippen LogP contribution < -0.4 is 11.3 Å². The maximum Gasteiger partial charge on any atom is 0.167 e. The Morgan fingerprint density at radius 3 is 2.53 bits per heavy atom. The van der Waals surface area contributed by atoms with Crippen LogP contribution in [0.2, 0.25) is 25.7 Å². The number of nitrogens with zero attached hydrogens (tertiary/aromatic N) is 2. The zero-order valence-corrected chi connectivity index (χ0v) is 10.7. The molecule has 1 aromatic rings. The first kappa shape index (κ1) is 12.6. The average molecular weight is 218 g/mol. The van der Waals surface area contributed by atoms with E-state index >= 15 is 0 Å². The van der Waals surface area contributed by atoms with Gasteiger partial charge in [-0.05, 0) is 6.04 Å². The van der Waals surface area contributed by atoms with Gasteiger partial charge in [-0.25, -0.2) is 0 Å². The molecule has 0 aromatic carbocycles. The third-order valence-corrected chi connectivity index (χ3v) is 3.76. The quantitative estimate of drug-likeness (QED) is 0.504. The van der Waals surface area contributed by atoms with Crippen molar-refractivity contribution < 1.29 is 4.74 Å². The lowest BCUT2D eigenvalue weighted by Gasteiger charge is -2.15. The van der Waals surface area contributed by atoms with E-state index in [4.69, 9.17) is 20.4 Å². The van der Waals surface area contributed by atoms with Gasteiger partial charge in [-0.3, -0.25) is 4.98 Å². The summed E-state index contributed by atoms with van der Waals surface area (Å²) in [5, 5.41) is 0. The molecular formula is C9H16B2N2OSi. The molecule has 3 nitrogen and oxygen atoms in total. The molecule has 4 radical (unpaired) electrons. The molecule has 1 heterocycles. The predicted octanol–water partition coefficient (Wildman–Crippen LogP) is -0.217. The molecule has 0 N–H and O–H groups in total. The fraction of sp³-hybridized carbons (Fsp3) is 0.667. The summed E-state index contributed by atoms with van der Waals surface area (Å²) in [7, 11) is 10.1. The van der Waals surface area contributed by atoms with Crippen molar-refractivity contribution in [2.45, 2.75) is 32.4 Å². The molecule has 0 fully saturated rings. The fourth-order valence-electron chi connectivity index (χ4n) is 1.10. The second-order valence-corrected chi connectivity index (χ2v) is 10.5. The number of aromatic nitrogens is 2. The third-order valence-electron chi connectivity index (χ3n) is 2.05. The molecule has 0 bridgehead atoms. The lowest BCUT2D eigenvalue weighted by Crippen LogP contribution is -2.24. The molecule has 0 atom stereocenters. The van der Waals surface area contributed by atoms with Gasteiger partial charge in [0.25, 0.3) is 0 Å². The molecular weight excluding hydrogens is 202 g/mol. The predicted molar refractivity (Wildman–Crippen MR) is 67.1 cm³/mol. The molecule has 0 spiro atoms. The van der Waals surface area contributed by atoms with Crippen LogP contribution in [0.3, 0.4) is 0 Å². The van der Waals surface area contributed by atoms with Gasteiger partial charge in [0, 0.05) is 26.5 Å². The maximum atomic E-state index is 5.61. The Morgan fingerprint density at radius 1 is 1.40 bits per heavy atom.